The van der Waals surface area contributed by atoms with E-state index in [2.05, 4.69) is 5.32 Å². The van der Waals surface area contributed by atoms with Gasteiger partial charge in [0.2, 0.25) is 0 Å². The lowest BCUT2D eigenvalue weighted by Crippen LogP contribution is -2.28. The van der Waals surface area contributed by atoms with Gasteiger partial charge in [-0.05, 0) is 17.7 Å². The van der Waals surface area contributed by atoms with Gasteiger partial charge >= 0.3 is 5.97 Å². The van der Waals surface area contributed by atoms with Crippen molar-refractivity contribution in [1.82, 2.24) is 5.32 Å². The monoisotopic (exact) mass is 329 g/mol. The van der Waals surface area contributed by atoms with E-state index in [4.69, 9.17) is 51.5 Å². The summed E-state index contributed by atoms with van der Waals surface area (Å²) < 4.78 is 0. The number of hydrogen-bond acceptors (Lipinski definition) is 2. The molecule has 0 aromatic heterocycles. The van der Waals surface area contributed by atoms with Crippen LogP contribution in [0.5, 0.6) is 0 Å². The molecule has 0 bridgehead atoms. The first-order valence-corrected chi connectivity index (χ1v) is 6.23. The first-order chi connectivity index (χ1) is 8.32. The van der Waals surface area contributed by atoms with E-state index in [9.17, 15) is 9.59 Å². The summed E-state index contributed by atoms with van der Waals surface area (Å²) in [5, 5.41) is 11.6. The fraction of sp³-hybridized carbons (Fsp3) is 0.200. The van der Waals surface area contributed by atoms with Crippen LogP contribution in [0.3, 0.4) is 0 Å². The van der Waals surface area contributed by atoms with Gasteiger partial charge in [-0.25, -0.2) is 4.79 Å². The Bertz CT molecular complexity index is 490. The lowest BCUT2D eigenvalue weighted by Gasteiger charge is -2.09. The van der Waals surface area contributed by atoms with E-state index >= 15 is 0 Å². The van der Waals surface area contributed by atoms with Crippen molar-refractivity contribution in [2.75, 3.05) is 0 Å². The minimum Gasteiger partial charge on any atom is -0.478 e. The number of alkyl halides is 2. The van der Waals surface area contributed by atoms with E-state index < -0.39 is 16.7 Å². The second-order valence-electron chi connectivity index (χ2n) is 3.25. The van der Waals surface area contributed by atoms with Crippen molar-refractivity contribution in [3.63, 3.8) is 0 Å². The number of carbonyl (C=O) groups is 2. The SMILES string of the molecule is O=C(O)c1cc(CNC(=O)C(Cl)Cl)c(Cl)cc1Cl. The Morgan fingerprint density at radius 1 is 1.22 bits per heavy atom. The highest BCUT2D eigenvalue weighted by molar-refractivity contribution is 6.53. The van der Waals surface area contributed by atoms with Gasteiger partial charge in [-0.2, -0.15) is 0 Å². The number of nitrogens with one attached hydrogen (secondary N) is 1. The highest BCUT2D eigenvalue weighted by Gasteiger charge is 2.15. The van der Waals surface area contributed by atoms with E-state index in [1.54, 1.807) is 0 Å². The van der Waals surface area contributed by atoms with Crippen molar-refractivity contribution in [2.45, 2.75) is 11.4 Å². The molecule has 0 saturated carbocycles. The van der Waals surface area contributed by atoms with Crippen molar-refractivity contribution >= 4 is 58.3 Å². The Morgan fingerprint density at radius 2 is 1.83 bits per heavy atom. The lowest BCUT2D eigenvalue weighted by atomic mass is 10.1. The fourth-order valence-corrected chi connectivity index (χ4v) is 1.84. The summed E-state index contributed by atoms with van der Waals surface area (Å²) in [6.45, 7) is 0.00502. The Balaban J connectivity index is 2.92. The maximum atomic E-state index is 11.2. The number of aromatic carboxylic acids is 1. The van der Waals surface area contributed by atoms with Gasteiger partial charge in [-0.1, -0.05) is 46.4 Å². The Morgan fingerprint density at radius 3 is 2.33 bits per heavy atom. The molecule has 0 spiro atoms. The first-order valence-electron chi connectivity index (χ1n) is 4.60. The summed E-state index contributed by atoms with van der Waals surface area (Å²) in [5.74, 6) is -1.78. The molecule has 0 aliphatic heterocycles. The van der Waals surface area contributed by atoms with Gasteiger partial charge in [0.05, 0.1) is 10.6 Å². The molecule has 2 N–H and O–H groups in total. The Labute approximate surface area is 123 Å². The van der Waals surface area contributed by atoms with Gasteiger partial charge in [0.25, 0.3) is 5.91 Å². The number of carboxylic acids is 1. The molecule has 0 atom stereocenters. The van der Waals surface area contributed by atoms with Crippen molar-refractivity contribution < 1.29 is 14.7 Å². The van der Waals surface area contributed by atoms with Crippen LogP contribution in [0.25, 0.3) is 0 Å². The standard InChI is InChI=1S/C10H7Cl4NO3/c11-6-2-7(12)5(10(17)18)1-4(6)3-15-9(16)8(13)14/h1-2,8H,3H2,(H,15,16)(H,17,18). The maximum Gasteiger partial charge on any atom is 0.337 e. The van der Waals surface area contributed by atoms with Crippen LogP contribution >= 0.6 is 46.4 Å². The van der Waals surface area contributed by atoms with E-state index in [1.165, 1.54) is 12.1 Å². The molecule has 0 radical (unpaired) electrons. The zero-order valence-electron chi connectivity index (χ0n) is 8.71. The predicted octanol–water partition coefficient (Wildman–Crippen LogP) is 3.11. The van der Waals surface area contributed by atoms with Crippen LogP contribution < -0.4 is 5.32 Å². The summed E-state index contributed by atoms with van der Waals surface area (Å²) in [5.41, 5.74) is 0.305. The minimum atomic E-state index is -1.20. The number of rotatable bonds is 4. The number of amides is 1. The second-order valence-corrected chi connectivity index (χ2v) is 5.16. The molecule has 1 rings (SSSR count). The first kappa shape index (κ1) is 15.4. The van der Waals surface area contributed by atoms with Gasteiger partial charge in [0.15, 0.2) is 4.84 Å². The molecule has 8 heteroatoms. The van der Waals surface area contributed by atoms with Gasteiger partial charge in [-0.15, -0.1) is 0 Å². The van der Waals surface area contributed by atoms with Gasteiger partial charge < -0.3 is 10.4 Å². The third kappa shape index (κ3) is 3.92. The van der Waals surface area contributed by atoms with Crippen molar-refractivity contribution in [2.24, 2.45) is 0 Å². The van der Waals surface area contributed by atoms with E-state index in [-0.39, 0.29) is 22.2 Å². The zero-order valence-corrected chi connectivity index (χ0v) is 11.7. The van der Waals surface area contributed by atoms with Gasteiger partial charge in [0, 0.05) is 11.6 Å². The van der Waals surface area contributed by atoms with Crippen LogP contribution in [0.1, 0.15) is 15.9 Å². The third-order valence-corrected chi connectivity index (χ3v) is 3.08. The molecule has 98 valence electrons. The molecule has 1 amide bonds. The average Bonchev–Trinajstić information content (AvgIpc) is 2.26. The zero-order chi connectivity index (χ0) is 13.9. The molecule has 0 aliphatic rings. The van der Waals surface area contributed by atoms with Crippen LogP contribution in [-0.4, -0.2) is 21.8 Å². The molecule has 0 saturated heterocycles. The van der Waals surface area contributed by atoms with Crippen molar-refractivity contribution in [3.8, 4) is 0 Å². The van der Waals surface area contributed by atoms with Crippen LogP contribution in [0.4, 0.5) is 0 Å². The molecule has 1 aromatic carbocycles. The van der Waals surface area contributed by atoms with E-state index in [0.717, 1.165) is 0 Å². The molecule has 18 heavy (non-hydrogen) atoms. The van der Waals surface area contributed by atoms with Crippen molar-refractivity contribution in [3.05, 3.63) is 33.3 Å². The number of carboxylic acid groups (broad SMARTS) is 1. The minimum absolute atomic E-state index is 0.00502. The largest absolute Gasteiger partial charge is 0.478 e. The topological polar surface area (TPSA) is 66.4 Å². The van der Waals surface area contributed by atoms with E-state index in [1.807, 2.05) is 0 Å². The molecule has 4 nitrogen and oxygen atoms in total. The van der Waals surface area contributed by atoms with E-state index in [0.29, 0.717) is 5.56 Å². The normalized spacial score (nSPS) is 10.5. The smallest absolute Gasteiger partial charge is 0.337 e. The molecular weight excluding hydrogens is 324 g/mol. The molecular formula is C10H7Cl4NO3. The molecule has 0 unspecified atom stereocenters. The number of hydrogen-bond donors (Lipinski definition) is 2. The average molecular weight is 331 g/mol. The lowest BCUT2D eigenvalue weighted by molar-refractivity contribution is -0.119. The van der Waals surface area contributed by atoms with Crippen LogP contribution in [0, 0.1) is 0 Å². The number of halogens is 4. The van der Waals surface area contributed by atoms with Crippen LogP contribution in [-0.2, 0) is 11.3 Å². The second kappa shape index (κ2) is 6.48. The highest BCUT2D eigenvalue weighted by atomic mass is 35.5. The summed E-state index contributed by atoms with van der Waals surface area (Å²) in [6.07, 6.45) is 0. The maximum absolute atomic E-state index is 11.2. The predicted molar refractivity (Wildman–Crippen MR) is 70.8 cm³/mol. The van der Waals surface area contributed by atoms with Gasteiger partial charge in [-0.3, -0.25) is 4.79 Å². The molecule has 1 aromatic rings. The number of carbonyl (C=O) groups excluding carboxylic acids is 1. The molecule has 0 aliphatic carbocycles. The number of benzene rings is 1. The van der Waals surface area contributed by atoms with Crippen LogP contribution in [0.2, 0.25) is 10.0 Å². The third-order valence-electron chi connectivity index (χ3n) is 2.02. The Kier molecular flexibility index (Phi) is 5.53. The van der Waals surface area contributed by atoms with Gasteiger partial charge in [0.1, 0.15) is 0 Å². The van der Waals surface area contributed by atoms with Crippen molar-refractivity contribution in [1.29, 1.82) is 0 Å². The quantitative estimate of drug-likeness (QED) is 0.833. The Hall–Kier alpha value is -0.680. The molecule has 0 heterocycles. The molecule has 0 fully saturated rings. The highest BCUT2D eigenvalue weighted by Crippen LogP contribution is 2.25. The summed E-state index contributed by atoms with van der Waals surface area (Å²) >= 11 is 22.3. The summed E-state index contributed by atoms with van der Waals surface area (Å²) in [7, 11) is 0. The summed E-state index contributed by atoms with van der Waals surface area (Å²) in [4.78, 5) is 20.8. The summed E-state index contributed by atoms with van der Waals surface area (Å²) in [6, 6.07) is 2.58. The van der Waals surface area contributed by atoms with Crippen LogP contribution in [0.15, 0.2) is 12.1 Å². The fourth-order valence-electron chi connectivity index (χ4n) is 1.15.